The van der Waals surface area contributed by atoms with E-state index < -0.39 is 96.9 Å². The summed E-state index contributed by atoms with van der Waals surface area (Å²) in [5.74, 6) is -0.407. The number of aryl methyl sites for hydroxylation is 1. The lowest BCUT2D eigenvalue weighted by atomic mass is 10.1. The number of hydrogen-bond donors (Lipinski definition) is 11. The van der Waals surface area contributed by atoms with Gasteiger partial charge in [-0.2, -0.15) is 18.2 Å². The van der Waals surface area contributed by atoms with Gasteiger partial charge < -0.3 is 56.0 Å². The summed E-state index contributed by atoms with van der Waals surface area (Å²) in [6, 6.07) is 8.93. The Morgan fingerprint density at radius 3 is 2.05 bits per heavy atom. The van der Waals surface area contributed by atoms with E-state index in [1.54, 1.807) is 42.5 Å². The number of H-pyrrole nitrogens is 2. The SMILES string of the molecule is Cn1c(/C=C\c2ccccc2)[n+]([C@@H]2O[C@H](COP(=O)(O)OP(=O)(O)OP(=O)(O)OC[C@H]3O[C@@H](n4cnc5c(=O)[nH]c(N)nc54)[C@H](O)[C@@H]3O)[C@@H](O)[C@H]2O)c2nc(N)[nH]c(=O)c21. The molecule has 0 radical (unpaired) electrons. The second kappa shape index (κ2) is 16.4. The molecule has 7 rings (SSSR count). The molecule has 6 heterocycles. The normalized spacial score (nSPS) is 27.7. The van der Waals surface area contributed by atoms with Gasteiger partial charge in [0.1, 0.15) is 36.6 Å². The highest BCUT2D eigenvalue weighted by atomic mass is 31.3. The van der Waals surface area contributed by atoms with Gasteiger partial charge in [0.25, 0.3) is 17.1 Å². The zero-order valence-electron chi connectivity index (χ0n) is 30.5. The van der Waals surface area contributed by atoms with Gasteiger partial charge in [0, 0.05) is 6.08 Å². The van der Waals surface area contributed by atoms with Gasteiger partial charge in [0.05, 0.1) is 26.6 Å². The van der Waals surface area contributed by atoms with Crippen LogP contribution in [0.1, 0.15) is 23.8 Å². The van der Waals surface area contributed by atoms with E-state index in [1.807, 2.05) is 0 Å². The van der Waals surface area contributed by atoms with Gasteiger partial charge in [-0.15, -0.1) is 0 Å². The molecule has 2 aliphatic heterocycles. The molecule has 2 saturated heterocycles. The first-order chi connectivity index (χ1) is 28.1. The summed E-state index contributed by atoms with van der Waals surface area (Å²) in [5, 5.41) is 43.1. The van der Waals surface area contributed by atoms with Crippen molar-refractivity contribution in [3.63, 3.8) is 0 Å². The fourth-order valence-electron chi connectivity index (χ4n) is 6.47. The van der Waals surface area contributed by atoms with Crippen molar-refractivity contribution >= 4 is 69.8 Å². The maximum atomic E-state index is 12.9. The highest BCUT2D eigenvalue weighted by Crippen LogP contribution is 2.67. The maximum absolute atomic E-state index is 12.9. The van der Waals surface area contributed by atoms with Crippen LogP contribution in [-0.2, 0) is 47.9 Å². The smallest absolute Gasteiger partial charge is 0.387 e. The predicted octanol–water partition coefficient (Wildman–Crippen LogP) is -2.38. The number of aromatic amines is 2. The summed E-state index contributed by atoms with van der Waals surface area (Å²) >= 11 is 0. The number of nitrogens with zero attached hydrogens (tertiary/aromatic N) is 6. The number of phosphoric ester groups is 2. The Balaban J connectivity index is 0.993. The number of fused-ring (bicyclic) bond motifs is 2. The first-order valence-electron chi connectivity index (χ1n) is 17.1. The number of nitrogens with one attached hydrogen (secondary N) is 2. The van der Waals surface area contributed by atoms with Gasteiger partial charge in [0.15, 0.2) is 17.4 Å². The van der Waals surface area contributed by atoms with Crippen molar-refractivity contribution in [1.82, 2.24) is 34.1 Å². The van der Waals surface area contributed by atoms with Crippen LogP contribution in [-0.4, -0.2) is 119 Å². The van der Waals surface area contributed by atoms with E-state index in [2.05, 4.69) is 38.1 Å². The molecule has 0 aliphatic carbocycles. The first-order valence-corrected chi connectivity index (χ1v) is 21.6. The molecule has 3 unspecified atom stereocenters. The molecule has 2 aliphatic rings. The highest BCUT2D eigenvalue weighted by molar-refractivity contribution is 7.66. The number of aliphatic hydroxyl groups is 4. The van der Waals surface area contributed by atoms with E-state index >= 15 is 0 Å². The van der Waals surface area contributed by atoms with Crippen LogP contribution in [0.5, 0.6) is 0 Å². The molecule has 1 aromatic carbocycles. The van der Waals surface area contributed by atoms with Gasteiger partial charge in [-0.05, 0) is 11.6 Å². The van der Waals surface area contributed by atoms with Gasteiger partial charge in [-0.25, -0.2) is 18.7 Å². The molecule has 60 heavy (non-hydrogen) atoms. The van der Waals surface area contributed by atoms with Crippen LogP contribution in [0.3, 0.4) is 0 Å². The molecule has 0 bridgehead atoms. The summed E-state index contributed by atoms with van der Waals surface area (Å²) in [6.45, 7) is -2.22. The molecule has 0 saturated carbocycles. The van der Waals surface area contributed by atoms with Gasteiger partial charge in [-0.3, -0.25) is 37.7 Å². The fraction of sp³-hybridized carbons (Fsp3) is 0.379. The van der Waals surface area contributed by atoms with Crippen molar-refractivity contribution in [1.29, 1.82) is 0 Å². The van der Waals surface area contributed by atoms with Crippen molar-refractivity contribution in [3.05, 3.63) is 68.8 Å². The van der Waals surface area contributed by atoms with Crippen molar-refractivity contribution in [2.24, 2.45) is 7.05 Å². The molecule has 11 atom stereocenters. The number of phosphoric acid groups is 3. The van der Waals surface area contributed by atoms with E-state index in [1.165, 1.54) is 16.2 Å². The lowest BCUT2D eigenvalue weighted by Crippen LogP contribution is -2.48. The van der Waals surface area contributed by atoms with Gasteiger partial charge >= 0.3 is 29.1 Å². The Hall–Kier alpha value is -4.57. The number of aliphatic hydroxyl groups excluding tert-OH is 4. The number of nitrogens with two attached hydrogens (primary N) is 2. The molecule has 31 heteroatoms. The fourth-order valence-corrected chi connectivity index (χ4v) is 9.99. The van der Waals surface area contributed by atoms with Gasteiger partial charge in [0.2, 0.25) is 23.5 Å². The first kappa shape index (κ1) is 43.5. The van der Waals surface area contributed by atoms with Crippen LogP contribution < -0.4 is 27.2 Å². The Morgan fingerprint density at radius 1 is 0.817 bits per heavy atom. The monoisotopic (exact) mass is 905 g/mol. The molecular formula is C29H36N10O18P3+. The number of anilines is 2. The molecule has 2 fully saturated rings. The van der Waals surface area contributed by atoms with Crippen molar-refractivity contribution < 1.29 is 80.5 Å². The van der Waals surface area contributed by atoms with Crippen LogP contribution >= 0.6 is 23.5 Å². The zero-order chi connectivity index (χ0) is 43.5. The summed E-state index contributed by atoms with van der Waals surface area (Å²) in [5.41, 5.74) is 10.3. The van der Waals surface area contributed by atoms with Crippen LogP contribution in [0, 0.1) is 0 Å². The van der Waals surface area contributed by atoms with Crippen LogP contribution in [0.2, 0.25) is 0 Å². The third-order valence-corrected chi connectivity index (χ3v) is 13.4. The quantitative estimate of drug-likeness (QED) is 0.0409. The predicted molar refractivity (Wildman–Crippen MR) is 199 cm³/mol. The highest BCUT2D eigenvalue weighted by Gasteiger charge is 2.51. The third kappa shape index (κ3) is 8.77. The lowest BCUT2D eigenvalue weighted by molar-refractivity contribution is -0.747. The van der Waals surface area contributed by atoms with Crippen LogP contribution in [0.25, 0.3) is 34.5 Å². The van der Waals surface area contributed by atoms with E-state index in [0.717, 1.165) is 16.5 Å². The molecule has 0 amide bonds. The average Bonchev–Trinajstić information content (AvgIpc) is 3.86. The zero-order valence-corrected chi connectivity index (χ0v) is 33.1. The summed E-state index contributed by atoms with van der Waals surface area (Å²) in [7, 11) is -16.0. The van der Waals surface area contributed by atoms with E-state index in [9.17, 15) is 58.4 Å². The second-order valence-electron chi connectivity index (χ2n) is 13.2. The minimum atomic E-state index is -6.05. The molecule has 28 nitrogen and oxygen atoms in total. The van der Waals surface area contributed by atoms with E-state index in [4.69, 9.17) is 25.5 Å². The summed E-state index contributed by atoms with van der Waals surface area (Å²) < 4.78 is 70.5. The molecule has 5 aromatic rings. The standard InChI is InChI=1S/C29H35N10O18P3/c1-37-15(8-7-12-5-3-2-4-6-12)39(23-17(37)25(45)36-29(31)34-23)27-21(43)19(41)14(55-27)10-53-59(48,49)57-60(50,51)56-58(46,47)52-9-13-18(40)20(42)26(54-13)38-11-32-16-22(38)33-28(30)35-24(16)44/h2-8,11,13-14,18-21,26-27,40-43H,9-10H2,1H3,(H8-,30,31,33,34,35,36,44,45,46,47,48,49,50,51)/p+1/b8-7-/t13-,14-,18-,19-,20-,21-,26-,27-/m1/s1. The molecule has 0 spiro atoms. The Labute approximate surface area is 333 Å². The van der Waals surface area contributed by atoms with Crippen molar-refractivity contribution in [2.45, 2.75) is 49.1 Å². The average molecular weight is 906 g/mol. The van der Waals surface area contributed by atoms with Crippen LogP contribution in [0.15, 0.2) is 46.2 Å². The Bertz CT molecular complexity index is 2730. The lowest BCUT2D eigenvalue weighted by Gasteiger charge is -2.21. The maximum Gasteiger partial charge on any atom is 0.490 e. The number of aromatic nitrogens is 8. The number of imidazole rings is 2. The minimum absolute atomic E-state index is 0.0154. The largest absolute Gasteiger partial charge is 0.490 e. The number of ether oxygens (including phenoxy) is 2. The molecular weight excluding hydrogens is 869 g/mol. The molecule has 13 N–H and O–H groups in total. The van der Waals surface area contributed by atoms with Crippen LogP contribution in [0.4, 0.5) is 11.9 Å². The summed E-state index contributed by atoms with van der Waals surface area (Å²) in [4.78, 5) is 72.0. The molecule has 4 aromatic heterocycles. The Kier molecular flexibility index (Phi) is 11.9. The van der Waals surface area contributed by atoms with Crippen molar-refractivity contribution in [3.8, 4) is 0 Å². The minimum Gasteiger partial charge on any atom is -0.387 e. The van der Waals surface area contributed by atoms with Gasteiger partial charge in [-0.1, -0.05) is 35.3 Å². The number of benzene rings is 1. The number of hydrogen-bond acceptors (Lipinski definition) is 20. The number of nitrogen functional groups attached to an aromatic ring is 2. The second-order valence-corrected chi connectivity index (χ2v) is 17.8. The number of rotatable bonds is 14. The van der Waals surface area contributed by atoms with E-state index in [0.29, 0.717) is 0 Å². The van der Waals surface area contributed by atoms with Crippen molar-refractivity contribution in [2.75, 3.05) is 24.7 Å². The topological polar surface area (TPSA) is 418 Å². The Morgan fingerprint density at radius 2 is 1.40 bits per heavy atom. The van der Waals surface area contributed by atoms with E-state index in [-0.39, 0.29) is 40.0 Å². The third-order valence-electron chi connectivity index (χ3n) is 9.14. The molecule has 324 valence electrons. The summed E-state index contributed by atoms with van der Waals surface area (Å²) in [6.07, 6.45) is -9.40.